The van der Waals surface area contributed by atoms with Gasteiger partial charge in [0.15, 0.2) is 0 Å². The quantitative estimate of drug-likeness (QED) is 0.868. The van der Waals surface area contributed by atoms with Crippen molar-refractivity contribution in [1.82, 2.24) is 0 Å². The molecule has 0 amide bonds. The highest BCUT2D eigenvalue weighted by molar-refractivity contribution is 7.92. The summed E-state index contributed by atoms with van der Waals surface area (Å²) in [5, 5.41) is 3.17. The summed E-state index contributed by atoms with van der Waals surface area (Å²) >= 11 is 0. The average Bonchev–Trinajstić information content (AvgIpc) is 2.19. The van der Waals surface area contributed by atoms with Gasteiger partial charge in [0.2, 0.25) is 10.0 Å². The second kappa shape index (κ2) is 5.56. The SMILES string of the molecule is CC(C)C(C)Nc1ccc(F)cc1NS(C)(=O)=O. The molecule has 0 radical (unpaired) electrons. The molecule has 0 saturated heterocycles. The van der Waals surface area contributed by atoms with Gasteiger partial charge < -0.3 is 5.32 Å². The Hall–Kier alpha value is -1.30. The third kappa shape index (κ3) is 4.52. The molecule has 0 spiro atoms. The lowest BCUT2D eigenvalue weighted by atomic mass is 10.1. The molecule has 1 rings (SSSR count). The van der Waals surface area contributed by atoms with Crippen molar-refractivity contribution in [2.75, 3.05) is 16.3 Å². The first-order valence-corrected chi connectivity index (χ1v) is 7.62. The Bertz CT molecular complexity index is 515. The maximum atomic E-state index is 13.2. The van der Waals surface area contributed by atoms with Gasteiger partial charge in [-0.1, -0.05) is 13.8 Å². The smallest absolute Gasteiger partial charge is 0.229 e. The summed E-state index contributed by atoms with van der Waals surface area (Å²) in [6.45, 7) is 6.08. The number of halogens is 1. The zero-order valence-corrected chi connectivity index (χ0v) is 11.8. The molecule has 0 aliphatic rings. The predicted octanol–water partition coefficient (Wildman–Crippen LogP) is 2.65. The fourth-order valence-electron chi connectivity index (χ4n) is 1.34. The summed E-state index contributed by atoms with van der Waals surface area (Å²) in [6.07, 6.45) is 1.04. The third-order valence-electron chi connectivity index (χ3n) is 2.66. The Morgan fingerprint density at radius 1 is 1.17 bits per heavy atom. The monoisotopic (exact) mass is 274 g/mol. The summed E-state index contributed by atoms with van der Waals surface area (Å²) in [6, 6.07) is 4.14. The van der Waals surface area contributed by atoms with E-state index in [9.17, 15) is 12.8 Å². The highest BCUT2D eigenvalue weighted by Gasteiger charge is 2.12. The number of sulfonamides is 1. The summed E-state index contributed by atoms with van der Waals surface area (Å²) in [4.78, 5) is 0. The van der Waals surface area contributed by atoms with Crippen molar-refractivity contribution >= 4 is 21.4 Å². The highest BCUT2D eigenvalue weighted by Crippen LogP contribution is 2.25. The van der Waals surface area contributed by atoms with Gasteiger partial charge in [-0.25, -0.2) is 12.8 Å². The van der Waals surface area contributed by atoms with Crippen LogP contribution in [0.4, 0.5) is 15.8 Å². The number of nitrogens with one attached hydrogen (secondary N) is 2. The normalized spacial score (nSPS) is 13.4. The number of anilines is 2. The van der Waals surface area contributed by atoms with Crippen LogP contribution in [-0.2, 0) is 10.0 Å². The minimum Gasteiger partial charge on any atom is -0.381 e. The van der Waals surface area contributed by atoms with Crippen molar-refractivity contribution in [3.63, 3.8) is 0 Å². The van der Waals surface area contributed by atoms with E-state index in [1.807, 2.05) is 20.8 Å². The molecule has 0 saturated carbocycles. The van der Waals surface area contributed by atoms with Crippen molar-refractivity contribution in [2.24, 2.45) is 5.92 Å². The first-order valence-electron chi connectivity index (χ1n) is 5.73. The van der Waals surface area contributed by atoms with Crippen molar-refractivity contribution in [3.8, 4) is 0 Å². The lowest BCUT2D eigenvalue weighted by molar-refractivity contribution is 0.560. The molecule has 0 aromatic heterocycles. The largest absolute Gasteiger partial charge is 0.381 e. The first-order chi connectivity index (χ1) is 8.19. The maximum absolute atomic E-state index is 13.2. The van der Waals surface area contributed by atoms with Crippen molar-refractivity contribution in [2.45, 2.75) is 26.8 Å². The summed E-state index contributed by atoms with van der Waals surface area (Å²) in [5.41, 5.74) is 0.799. The average molecular weight is 274 g/mol. The second-order valence-corrected chi connectivity index (χ2v) is 6.49. The Morgan fingerprint density at radius 2 is 1.78 bits per heavy atom. The molecular weight excluding hydrogens is 255 g/mol. The van der Waals surface area contributed by atoms with Crippen LogP contribution in [0.2, 0.25) is 0 Å². The summed E-state index contributed by atoms with van der Waals surface area (Å²) in [5.74, 6) is -0.106. The Kier molecular flexibility index (Phi) is 4.56. The van der Waals surface area contributed by atoms with Gasteiger partial charge in [0.1, 0.15) is 5.82 Å². The van der Waals surface area contributed by atoms with Gasteiger partial charge in [-0.2, -0.15) is 0 Å². The topological polar surface area (TPSA) is 58.2 Å². The lowest BCUT2D eigenvalue weighted by Crippen LogP contribution is -2.22. The van der Waals surface area contributed by atoms with E-state index in [1.54, 1.807) is 0 Å². The fraction of sp³-hybridized carbons (Fsp3) is 0.500. The Labute approximate surface area is 108 Å². The molecule has 102 valence electrons. The lowest BCUT2D eigenvalue weighted by Gasteiger charge is -2.21. The maximum Gasteiger partial charge on any atom is 0.229 e. The van der Waals surface area contributed by atoms with E-state index < -0.39 is 15.8 Å². The van der Waals surface area contributed by atoms with Crippen LogP contribution in [0.5, 0.6) is 0 Å². The summed E-state index contributed by atoms with van der Waals surface area (Å²) in [7, 11) is -3.43. The zero-order chi connectivity index (χ0) is 13.9. The van der Waals surface area contributed by atoms with E-state index in [1.165, 1.54) is 12.1 Å². The molecule has 1 unspecified atom stereocenters. The minimum atomic E-state index is -3.43. The van der Waals surface area contributed by atoms with Gasteiger partial charge in [0, 0.05) is 12.1 Å². The van der Waals surface area contributed by atoms with Crippen molar-refractivity contribution in [3.05, 3.63) is 24.0 Å². The van der Waals surface area contributed by atoms with Crippen molar-refractivity contribution in [1.29, 1.82) is 0 Å². The minimum absolute atomic E-state index is 0.149. The van der Waals surface area contributed by atoms with Gasteiger partial charge >= 0.3 is 0 Å². The van der Waals surface area contributed by atoms with E-state index in [0.29, 0.717) is 11.6 Å². The molecule has 1 aromatic rings. The zero-order valence-electron chi connectivity index (χ0n) is 11.0. The number of rotatable bonds is 5. The Balaban J connectivity index is 3.04. The van der Waals surface area contributed by atoms with Crippen LogP contribution in [0.15, 0.2) is 18.2 Å². The van der Waals surface area contributed by atoms with Crippen LogP contribution < -0.4 is 10.0 Å². The van der Waals surface area contributed by atoms with E-state index in [4.69, 9.17) is 0 Å². The molecule has 2 N–H and O–H groups in total. The molecule has 4 nitrogen and oxygen atoms in total. The predicted molar refractivity (Wildman–Crippen MR) is 72.8 cm³/mol. The van der Waals surface area contributed by atoms with Crippen LogP contribution >= 0.6 is 0 Å². The molecule has 1 aromatic carbocycles. The molecule has 0 aliphatic carbocycles. The molecule has 0 aliphatic heterocycles. The van der Waals surface area contributed by atoms with Gasteiger partial charge in [-0.15, -0.1) is 0 Å². The molecule has 0 fully saturated rings. The van der Waals surface area contributed by atoms with Crippen molar-refractivity contribution < 1.29 is 12.8 Å². The second-order valence-electron chi connectivity index (χ2n) is 4.74. The van der Waals surface area contributed by atoms with Gasteiger partial charge in [0.05, 0.1) is 17.6 Å². The highest BCUT2D eigenvalue weighted by atomic mass is 32.2. The molecule has 0 heterocycles. The van der Waals surface area contributed by atoms with Gasteiger partial charge in [0.25, 0.3) is 0 Å². The molecular formula is C12H19FN2O2S. The van der Waals surface area contributed by atoms with Crippen LogP contribution in [0.1, 0.15) is 20.8 Å². The van der Waals surface area contributed by atoms with E-state index in [0.717, 1.165) is 12.3 Å². The van der Waals surface area contributed by atoms with Gasteiger partial charge in [-0.05, 0) is 25.0 Å². The van der Waals surface area contributed by atoms with Crippen LogP contribution in [0, 0.1) is 11.7 Å². The molecule has 0 bridgehead atoms. The van der Waals surface area contributed by atoms with Crippen LogP contribution in [0.3, 0.4) is 0 Å². The Morgan fingerprint density at radius 3 is 2.28 bits per heavy atom. The molecule has 1 atom stereocenters. The molecule has 6 heteroatoms. The number of benzene rings is 1. The fourth-order valence-corrected chi connectivity index (χ4v) is 1.91. The molecule has 18 heavy (non-hydrogen) atoms. The summed E-state index contributed by atoms with van der Waals surface area (Å²) < 4.78 is 37.9. The van der Waals surface area contributed by atoms with Crippen LogP contribution in [0.25, 0.3) is 0 Å². The number of hydrogen-bond donors (Lipinski definition) is 2. The number of hydrogen-bond acceptors (Lipinski definition) is 3. The van der Waals surface area contributed by atoms with E-state index in [2.05, 4.69) is 10.0 Å². The van der Waals surface area contributed by atoms with Crippen LogP contribution in [-0.4, -0.2) is 20.7 Å². The standard InChI is InChI=1S/C12H19FN2O2S/c1-8(2)9(3)14-11-6-5-10(13)7-12(11)15-18(4,16)17/h5-9,14-15H,1-4H3. The van der Waals surface area contributed by atoms with E-state index in [-0.39, 0.29) is 11.7 Å². The third-order valence-corrected chi connectivity index (χ3v) is 3.25. The van der Waals surface area contributed by atoms with E-state index >= 15 is 0 Å². The van der Waals surface area contributed by atoms with Gasteiger partial charge in [-0.3, -0.25) is 4.72 Å². The first kappa shape index (κ1) is 14.8.